The van der Waals surface area contributed by atoms with Crippen molar-refractivity contribution in [2.75, 3.05) is 6.61 Å². The lowest BCUT2D eigenvalue weighted by Crippen LogP contribution is -2.22. The van der Waals surface area contributed by atoms with Crippen LogP contribution in [0.5, 0.6) is 5.75 Å². The monoisotopic (exact) mass is 349 g/mol. The second-order valence-corrected chi connectivity index (χ2v) is 6.17. The summed E-state index contributed by atoms with van der Waals surface area (Å²) < 4.78 is 5.78. The van der Waals surface area contributed by atoms with Gasteiger partial charge >= 0.3 is 0 Å². The summed E-state index contributed by atoms with van der Waals surface area (Å²) in [6.07, 6.45) is 1.89. The number of hydrogen-bond donors (Lipinski definition) is 0. The summed E-state index contributed by atoms with van der Waals surface area (Å²) >= 11 is 6.11. The Morgan fingerprint density at radius 2 is 1.80 bits per heavy atom. The number of Topliss-reactive ketones (excluding diaryl/α,β-unsaturated/α-hetero) is 1. The van der Waals surface area contributed by atoms with Crippen LogP contribution in [0.2, 0.25) is 5.02 Å². The smallest absolute Gasteiger partial charge is 0.180 e. The highest BCUT2D eigenvalue weighted by Gasteiger charge is 2.30. The Bertz CT molecular complexity index is 907. The molecule has 124 valence electrons. The fourth-order valence-corrected chi connectivity index (χ4v) is 2.96. The third-order valence-corrected chi connectivity index (χ3v) is 4.52. The van der Waals surface area contributed by atoms with Gasteiger partial charge in [0.1, 0.15) is 18.3 Å². The van der Waals surface area contributed by atoms with Gasteiger partial charge in [0, 0.05) is 5.57 Å². The molecule has 0 amide bonds. The minimum absolute atomic E-state index is 0.179. The van der Waals surface area contributed by atoms with Crippen molar-refractivity contribution in [2.45, 2.75) is 6.92 Å². The molecule has 0 aliphatic heterocycles. The number of nitrogens with zero attached hydrogens (tertiary/aromatic N) is 1. The molecule has 3 nitrogen and oxygen atoms in total. The van der Waals surface area contributed by atoms with Crippen molar-refractivity contribution >= 4 is 23.0 Å². The van der Waals surface area contributed by atoms with Crippen molar-refractivity contribution in [3.63, 3.8) is 0 Å². The third-order valence-electron chi connectivity index (χ3n) is 4.21. The molecule has 0 fully saturated rings. The van der Waals surface area contributed by atoms with Gasteiger partial charge in [-0.25, -0.2) is 0 Å². The first-order valence-corrected chi connectivity index (χ1v) is 8.27. The van der Waals surface area contributed by atoms with E-state index in [9.17, 15) is 10.1 Å². The number of benzene rings is 2. The average Bonchev–Trinajstić information content (AvgIpc) is 2.64. The molecule has 0 N–H and O–H groups in total. The molecule has 0 radical (unpaired) electrons. The van der Waals surface area contributed by atoms with Crippen LogP contribution < -0.4 is 4.74 Å². The molecule has 0 spiro atoms. The van der Waals surface area contributed by atoms with Gasteiger partial charge < -0.3 is 4.74 Å². The summed E-state index contributed by atoms with van der Waals surface area (Å²) in [7, 11) is 0. The Morgan fingerprint density at radius 1 is 1.12 bits per heavy atom. The van der Waals surface area contributed by atoms with E-state index in [1.54, 1.807) is 19.1 Å². The maximum atomic E-state index is 12.6. The number of nitriles is 1. The summed E-state index contributed by atoms with van der Waals surface area (Å²) in [4.78, 5) is 12.6. The van der Waals surface area contributed by atoms with Gasteiger partial charge in [0.2, 0.25) is 0 Å². The lowest BCUT2D eigenvalue weighted by Gasteiger charge is -2.22. The Morgan fingerprint density at radius 3 is 2.48 bits per heavy atom. The third kappa shape index (κ3) is 3.50. The molecule has 0 heterocycles. The molecular weight excluding hydrogens is 334 g/mol. The summed E-state index contributed by atoms with van der Waals surface area (Å²) in [6, 6.07) is 18.8. The minimum Gasteiger partial charge on any atom is -0.487 e. The second-order valence-electron chi connectivity index (χ2n) is 5.76. The zero-order valence-corrected chi connectivity index (χ0v) is 14.5. The van der Waals surface area contributed by atoms with Gasteiger partial charge in [-0.3, -0.25) is 4.79 Å². The quantitative estimate of drug-likeness (QED) is 0.793. The molecule has 25 heavy (non-hydrogen) atoms. The van der Waals surface area contributed by atoms with Crippen LogP contribution >= 0.6 is 11.6 Å². The summed E-state index contributed by atoms with van der Waals surface area (Å²) in [5.74, 6) is -0.401. The average molecular weight is 350 g/mol. The molecule has 0 aromatic heterocycles. The number of carbonyl (C=O) groups excluding carboxylic acids is 1. The summed E-state index contributed by atoms with van der Waals surface area (Å²) in [5.41, 5.74) is 2.88. The van der Waals surface area contributed by atoms with Crippen molar-refractivity contribution in [1.29, 1.82) is 5.26 Å². The van der Waals surface area contributed by atoms with Gasteiger partial charge in [-0.05, 0) is 41.8 Å². The Hall–Kier alpha value is -2.83. The number of hydrogen-bond acceptors (Lipinski definition) is 3. The highest BCUT2D eigenvalue weighted by atomic mass is 35.5. The molecule has 0 saturated heterocycles. The van der Waals surface area contributed by atoms with Crippen LogP contribution in [-0.4, -0.2) is 12.4 Å². The van der Waals surface area contributed by atoms with E-state index in [0.29, 0.717) is 21.9 Å². The topological polar surface area (TPSA) is 50.1 Å². The van der Waals surface area contributed by atoms with Gasteiger partial charge in [-0.2, -0.15) is 5.26 Å². The molecule has 2 aromatic carbocycles. The SMILES string of the molecule is CC1=C(COc2ccccc2Cl)C=C(c2ccccc2)C(C#N)C1=O. The largest absolute Gasteiger partial charge is 0.487 e. The molecule has 0 saturated carbocycles. The summed E-state index contributed by atoms with van der Waals surface area (Å²) in [6.45, 7) is 1.95. The first kappa shape index (κ1) is 17.0. The fraction of sp³-hybridized carbons (Fsp3) is 0.143. The van der Waals surface area contributed by atoms with Gasteiger partial charge in [0.25, 0.3) is 0 Å². The maximum Gasteiger partial charge on any atom is 0.180 e. The molecule has 2 aromatic rings. The van der Waals surface area contributed by atoms with E-state index >= 15 is 0 Å². The van der Waals surface area contributed by atoms with Crippen LogP contribution in [0.1, 0.15) is 12.5 Å². The van der Waals surface area contributed by atoms with Crippen LogP contribution in [0.3, 0.4) is 0 Å². The molecule has 1 aliphatic carbocycles. The molecule has 1 unspecified atom stereocenters. The Labute approximate surface area is 151 Å². The van der Waals surface area contributed by atoms with Crippen LogP contribution in [0.4, 0.5) is 0 Å². The number of ketones is 1. The Kier molecular flexibility index (Phi) is 5.02. The summed E-state index contributed by atoms with van der Waals surface area (Å²) in [5, 5.41) is 9.98. The van der Waals surface area contributed by atoms with E-state index in [1.807, 2.05) is 48.5 Å². The van der Waals surface area contributed by atoms with E-state index in [4.69, 9.17) is 16.3 Å². The zero-order chi connectivity index (χ0) is 17.8. The normalized spacial score (nSPS) is 17.1. The van der Waals surface area contributed by atoms with Crippen molar-refractivity contribution in [3.05, 3.63) is 82.4 Å². The number of halogens is 1. The maximum absolute atomic E-state index is 12.6. The lowest BCUT2D eigenvalue weighted by molar-refractivity contribution is -0.116. The number of para-hydroxylation sites is 1. The van der Waals surface area contributed by atoms with Crippen molar-refractivity contribution in [3.8, 4) is 11.8 Å². The van der Waals surface area contributed by atoms with E-state index in [-0.39, 0.29) is 12.4 Å². The van der Waals surface area contributed by atoms with Crippen LogP contribution in [0, 0.1) is 17.2 Å². The highest BCUT2D eigenvalue weighted by Crippen LogP contribution is 2.33. The molecule has 4 heteroatoms. The van der Waals surface area contributed by atoms with Crippen LogP contribution in [-0.2, 0) is 4.79 Å². The first-order chi connectivity index (χ1) is 12.1. The number of ether oxygens (including phenoxy) is 1. The number of rotatable bonds is 4. The van der Waals surface area contributed by atoms with Crippen molar-refractivity contribution in [1.82, 2.24) is 0 Å². The number of allylic oxidation sites excluding steroid dienone is 2. The number of carbonyl (C=O) groups is 1. The van der Waals surface area contributed by atoms with E-state index in [0.717, 1.165) is 11.1 Å². The molecule has 1 aliphatic rings. The van der Waals surface area contributed by atoms with Crippen LogP contribution in [0.25, 0.3) is 5.57 Å². The van der Waals surface area contributed by atoms with Crippen LogP contribution in [0.15, 0.2) is 71.8 Å². The van der Waals surface area contributed by atoms with Gasteiger partial charge in [-0.15, -0.1) is 0 Å². The second kappa shape index (κ2) is 7.38. The molecule has 3 rings (SSSR count). The first-order valence-electron chi connectivity index (χ1n) is 7.89. The van der Waals surface area contributed by atoms with E-state index in [2.05, 4.69) is 6.07 Å². The molecule has 1 atom stereocenters. The standard InChI is InChI=1S/C21H16ClNO2/c1-14-16(13-25-20-10-6-5-9-19(20)22)11-17(18(12-23)21(14)24)15-7-3-2-4-8-15/h2-11,18H,13H2,1H3. The lowest BCUT2D eigenvalue weighted by atomic mass is 9.81. The Balaban J connectivity index is 1.94. The fourth-order valence-electron chi connectivity index (χ4n) is 2.77. The van der Waals surface area contributed by atoms with Crippen molar-refractivity contribution in [2.24, 2.45) is 5.92 Å². The zero-order valence-electron chi connectivity index (χ0n) is 13.7. The van der Waals surface area contributed by atoms with Gasteiger partial charge in [0.15, 0.2) is 5.78 Å². The molecule has 0 bridgehead atoms. The van der Waals surface area contributed by atoms with Gasteiger partial charge in [-0.1, -0.05) is 54.1 Å². The minimum atomic E-state index is -0.786. The van der Waals surface area contributed by atoms with E-state index in [1.165, 1.54) is 0 Å². The van der Waals surface area contributed by atoms with Gasteiger partial charge in [0.05, 0.1) is 11.1 Å². The highest BCUT2D eigenvalue weighted by molar-refractivity contribution is 6.32. The predicted molar refractivity (Wildman–Crippen MR) is 98.2 cm³/mol. The predicted octanol–water partition coefficient (Wildman–Crippen LogP) is 4.84. The van der Waals surface area contributed by atoms with E-state index < -0.39 is 5.92 Å². The molecular formula is C21H16ClNO2. The van der Waals surface area contributed by atoms with Crippen molar-refractivity contribution < 1.29 is 9.53 Å².